The first-order valence-corrected chi connectivity index (χ1v) is 6.44. The van der Waals surface area contributed by atoms with Crippen molar-refractivity contribution in [2.24, 2.45) is 0 Å². The minimum absolute atomic E-state index is 0.299. The molecule has 0 amide bonds. The van der Waals surface area contributed by atoms with Crippen LogP contribution in [0.3, 0.4) is 0 Å². The Kier molecular flexibility index (Phi) is 3.27. The van der Waals surface area contributed by atoms with Crippen LogP contribution in [0.4, 0.5) is 0 Å². The molecular formula is C17H20O2. The van der Waals surface area contributed by atoms with E-state index in [0.717, 1.165) is 22.3 Å². The molecule has 0 aliphatic rings. The Hall–Kier alpha value is -1.96. The summed E-state index contributed by atoms with van der Waals surface area (Å²) in [6.45, 7) is 7.78. The summed E-state index contributed by atoms with van der Waals surface area (Å²) < 4.78 is 0. The molecule has 19 heavy (non-hydrogen) atoms. The number of para-hydroxylation sites is 2. The summed E-state index contributed by atoms with van der Waals surface area (Å²) in [5.74, 6) is 0.599. The molecule has 0 saturated heterocycles. The molecule has 0 bridgehead atoms. The van der Waals surface area contributed by atoms with E-state index >= 15 is 0 Å². The molecule has 0 aliphatic carbocycles. The normalized spacial score (nSPS) is 11.6. The summed E-state index contributed by atoms with van der Waals surface area (Å²) in [4.78, 5) is 0. The minimum Gasteiger partial charge on any atom is -0.507 e. The molecule has 0 aliphatic heterocycles. The summed E-state index contributed by atoms with van der Waals surface area (Å²) in [6.07, 6.45) is 0. The second kappa shape index (κ2) is 4.61. The standard InChI is InChI=1S/C17H20O2/c1-11-7-5-9-13(15(11)18)17(3,4)14-10-6-8-12(2)16(14)19/h5-10,18-19H,1-4H3. The van der Waals surface area contributed by atoms with Gasteiger partial charge in [-0.15, -0.1) is 0 Å². The van der Waals surface area contributed by atoms with Gasteiger partial charge in [-0.25, -0.2) is 0 Å². The first-order valence-electron chi connectivity index (χ1n) is 6.44. The van der Waals surface area contributed by atoms with Crippen molar-refractivity contribution in [3.63, 3.8) is 0 Å². The summed E-state index contributed by atoms with van der Waals surface area (Å²) in [6, 6.07) is 11.4. The Bertz CT molecular complexity index is 559. The van der Waals surface area contributed by atoms with Crippen LogP contribution in [0.15, 0.2) is 36.4 Å². The topological polar surface area (TPSA) is 40.5 Å². The molecule has 2 heteroatoms. The predicted octanol–water partition coefficient (Wildman–Crippen LogP) is 4.04. The number of hydrogen-bond acceptors (Lipinski definition) is 2. The van der Waals surface area contributed by atoms with E-state index in [0.29, 0.717) is 11.5 Å². The van der Waals surface area contributed by atoms with Gasteiger partial charge < -0.3 is 10.2 Å². The predicted molar refractivity (Wildman–Crippen MR) is 77.8 cm³/mol. The number of rotatable bonds is 2. The zero-order chi connectivity index (χ0) is 14.2. The maximum atomic E-state index is 10.3. The second-order valence-electron chi connectivity index (χ2n) is 5.57. The van der Waals surface area contributed by atoms with Crippen molar-refractivity contribution >= 4 is 0 Å². The van der Waals surface area contributed by atoms with Gasteiger partial charge in [0.05, 0.1) is 0 Å². The van der Waals surface area contributed by atoms with Gasteiger partial charge in [0.15, 0.2) is 0 Å². The van der Waals surface area contributed by atoms with Crippen molar-refractivity contribution in [2.75, 3.05) is 0 Å². The maximum absolute atomic E-state index is 10.3. The maximum Gasteiger partial charge on any atom is 0.122 e. The van der Waals surface area contributed by atoms with Gasteiger partial charge in [-0.05, 0) is 25.0 Å². The molecule has 2 aromatic rings. The molecule has 2 N–H and O–H groups in total. The molecule has 0 heterocycles. The van der Waals surface area contributed by atoms with Gasteiger partial charge in [0.2, 0.25) is 0 Å². The third-order valence-corrected chi connectivity index (χ3v) is 3.82. The third-order valence-electron chi connectivity index (χ3n) is 3.82. The number of aromatic hydroxyl groups is 2. The number of hydrogen-bond donors (Lipinski definition) is 2. The smallest absolute Gasteiger partial charge is 0.122 e. The fourth-order valence-corrected chi connectivity index (χ4v) is 2.47. The molecule has 0 fully saturated rings. The van der Waals surface area contributed by atoms with Crippen molar-refractivity contribution in [3.8, 4) is 11.5 Å². The molecule has 0 atom stereocenters. The molecule has 0 aromatic heterocycles. The fraction of sp³-hybridized carbons (Fsp3) is 0.294. The van der Waals surface area contributed by atoms with Gasteiger partial charge in [0.25, 0.3) is 0 Å². The third kappa shape index (κ3) is 2.19. The first-order chi connectivity index (χ1) is 8.85. The van der Waals surface area contributed by atoms with E-state index in [1.54, 1.807) is 0 Å². The van der Waals surface area contributed by atoms with Crippen LogP contribution in [0, 0.1) is 13.8 Å². The van der Waals surface area contributed by atoms with E-state index in [9.17, 15) is 10.2 Å². The van der Waals surface area contributed by atoms with Crippen LogP contribution >= 0.6 is 0 Å². The number of benzene rings is 2. The highest BCUT2D eigenvalue weighted by Crippen LogP contribution is 2.42. The minimum atomic E-state index is -0.452. The molecule has 100 valence electrons. The highest BCUT2D eigenvalue weighted by molar-refractivity contribution is 5.53. The Morgan fingerprint density at radius 2 is 1.11 bits per heavy atom. The van der Waals surface area contributed by atoms with Gasteiger partial charge in [0.1, 0.15) is 11.5 Å². The average molecular weight is 256 g/mol. The quantitative estimate of drug-likeness (QED) is 0.851. The number of phenols is 2. The SMILES string of the molecule is Cc1cccc(C(C)(C)c2cccc(C)c2O)c1O. The van der Waals surface area contributed by atoms with E-state index in [2.05, 4.69) is 0 Å². The van der Waals surface area contributed by atoms with Crippen molar-refractivity contribution in [2.45, 2.75) is 33.1 Å². The molecule has 0 radical (unpaired) electrons. The molecule has 0 unspecified atom stereocenters. The van der Waals surface area contributed by atoms with E-state index in [4.69, 9.17) is 0 Å². The summed E-state index contributed by atoms with van der Waals surface area (Å²) in [5.41, 5.74) is 2.89. The molecule has 2 nitrogen and oxygen atoms in total. The van der Waals surface area contributed by atoms with Gasteiger partial charge in [-0.3, -0.25) is 0 Å². The van der Waals surface area contributed by atoms with Gasteiger partial charge in [-0.1, -0.05) is 50.2 Å². The molecular weight excluding hydrogens is 236 g/mol. The lowest BCUT2D eigenvalue weighted by atomic mass is 9.76. The van der Waals surface area contributed by atoms with Crippen LogP contribution in [0.2, 0.25) is 0 Å². The molecule has 0 saturated carbocycles. The summed E-state index contributed by atoms with van der Waals surface area (Å²) in [7, 11) is 0. The Morgan fingerprint density at radius 3 is 1.47 bits per heavy atom. The number of phenolic OH excluding ortho intramolecular Hbond substituents is 2. The largest absolute Gasteiger partial charge is 0.507 e. The number of aryl methyl sites for hydroxylation is 2. The second-order valence-corrected chi connectivity index (χ2v) is 5.57. The van der Waals surface area contributed by atoms with Gasteiger partial charge in [-0.2, -0.15) is 0 Å². The van der Waals surface area contributed by atoms with E-state index in [1.807, 2.05) is 64.1 Å². The lowest BCUT2D eigenvalue weighted by Crippen LogP contribution is -2.19. The van der Waals surface area contributed by atoms with Crippen LogP contribution in [0.1, 0.15) is 36.1 Å². The van der Waals surface area contributed by atoms with E-state index in [-0.39, 0.29) is 0 Å². The van der Waals surface area contributed by atoms with E-state index in [1.165, 1.54) is 0 Å². The van der Waals surface area contributed by atoms with Crippen molar-refractivity contribution < 1.29 is 10.2 Å². The van der Waals surface area contributed by atoms with Crippen LogP contribution in [0.25, 0.3) is 0 Å². The summed E-state index contributed by atoms with van der Waals surface area (Å²) in [5, 5.41) is 20.5. The zero-order valence-corrected chi connectivity index (χ0v) is 11.9. The zero-order valence-electron chi connectivity index (χ0n) is 11.9. The first kappa shape index (κ1) is 13.5. The van der Waals surface area contributed by atoms with Crippen molar-refractivity contribution in [1.82, 2.24) is 0 Å². The van der Waals surface area contributed by atoms with Crippen LogP contribution in [-0.2, 0) is 5.41 Å². The van der Waals surface area contributed by atoms with Crippen molar-refractivity contribution in [1.29, 1.82) is 0 Å². The lowest BCUT2D eigenvalue weighted by molar-refractivity contribution is 0.431. The summed E-state index contributed by atoms with van der Waals surface area (Å²) >= 11 is 0. The molecule has 0 spiro atoms. The molecule has 2 aromatic carbocycles. The van der Waals surface area contributed by atoms with Crippen molar-refractivity contribution in [3.05, 3.63) is 58.7 Å². The van der Waals surface area contributed by atoms with Crippen LogP contribution in [-0.4, -0.2) is 10.2 Å². The Balaban J connectivity index is 2.65. The lowest BCUT2D eigenvalue weighted by Gasteiger charge is -2.28. The molecule has 2 rings (SSSR count). The Morgan fingerprint density at radius 1 is 0.737 bits per heavy atom. The fourth-order valence-electron chi connectivity index (χ4n) is 2.47. The average Bonchev–Trinajstić information content (AvgIpc) is 2.35. The van der Waals surface area contributed by atoms with E-state index < -0.39 is 5.41 Å². The highest BCUT2D eigenvalue weighted by Gasteiger charge is 2.29. The van der Waals surface area contributed by atoms with Crippen LogP contribution in [0.5, 0.6) is 11.5 Å². The van der Waals surface area contributed by atoms with Crippen LogP contribution < -0.4 is 0 Å². The van der Waals surface area contributed by atoms with Gasteiger partial charge >= 0.3 is 0 Å². The monoisotopic (exact) mass is 256 g/mol. The Labute approximate surface area is 114 Å². The van der Waals surface area contributed by atoms with Gasteiger partial charge in [0, 0.05) is 16.5 Å². The highest BCUT2D eigenvalue weighted by atomic mass is 16.3.